The smallest absolute Gasteiger partial charge is 0.303 e. The zero-order valence-electron chi connectivity index (χ0n) is 10.2. The number of hydrogen-bond acceptors (Lipinski definition) is 4. The van der Waals surface area contributed by atoms with Crippen LogP contribution < -0.4 is 4.90 Å². The summed E-state index contributed by atoms with van der Waals surface area (Å²) in [5, 5.41) is 8.63. The molecule has 100 valence electrons. The molecule has 0 aliphatic carbocycles. The van der Waals surface area contributed by atoms with Crippen molar-refractivity contribution in [2.45, 2.75) is 17.7 Å². The van der Waals surface area contributed by atoms with Crippen LogP contribution in [0.3, 0.4) is 0 Å². The van der Waals surface area contributed by atoms with Gasteiger partial charge in [0.2, 0.25) is 5.91 Å². The Hall–Kier alpha value is -1.82. The molecule has 0 bridgehead atoms. The summed E-state index contributed by atoms with van der Waals surface area (Å²) in [5.74, 6) is -0.577. The number of fused-ring (bicyclic) bond motifs is 1. The van der Waals surface area contributed by atoms with Crippen molar-refractivity contribution in [3.63, 3.8) is 0 Å². The Bertz CT molecular complexity index is 529. The molecule has 0 fully saturated rings. The first-order valence-corrected chi connectivity index (χ1v) is 6.84. The Morgan fingerprint density at radius 1 is 1.47 bits per heavy atom. The van der Waals surface area contributed by atoms with Crippen molar-refractivity contribution in [3.8, 4) is 0 Å². The molecule has 5 nitrogen and oxygen atoms in total. The number of carboxylic acid groups (broad SMARTS) is 1. The fourth-order valence-electron chi connectivity index (χ4n) is 1.93. The third-order valence-electron chi connectivity index (χ3n) is 2.83. The average Bonchev–Trinajstić information content (AvgIpc) is 2.40. The Morgan fingerprint density at radius 2 is 2.26 bits per heavy atom. The first-order valence-electron chi connectivity index (χ1n) is 5.86. The van der Waals surface area contributed by atoms with Crippen LogP contribution in [0.4, 0.5) is 5.69 Å². The van der Waals surface area contributed by atoms with E-state index in [1.165, 1.54) is 11.8 Å². The number of carbonyl (C=O) groups excluding carboxylic acids is 2. The number of anilines is 1. The quantitative estimate of drug-likeness (QED) is 0.832. The van der Waals surface area contributed by atoms with Crippen LogP contribution in [0.1, 0.15) is 23.2 Å². The van der Waals surface area contributed by atoms with Crippen LogP contribution in [-0.4, -0.2) is 35.6 Å². The minimum Gasteiger partial charge on any atom is -0.481 e. The molecule has 1 aliphatic heterocycles. The van der Waals surface area contributed by atoms with Gasteiger partial charge in [0.15, 0.2) is 0 Å². The second-order valence-corrected chi connectivity index (χ2v) is 5.19. The van der Waals surface area contributed by atoms with Gasteiger partial charge in [0.25, 0.3) is 0 Å². The topological polar surface area (TPSA) is 74.7 Å². The molecule has 0 saturated carbocycles. The number of benzene rings is 1. The van der Waals surface area contributed by atoms with Gasteiger partial charge in [-0.15, -0.1) is 11.8 Å². The normalized spacial score (nSPS) is 14.1. The van der Waals surface area contributed by atoms with Crippen molar-refractivity contribution < 1.29 is 19.5 Å². The van der Waals surface area contributed by atoms with Crippen LogP contribution in [0.15, 0.2) is 23.1 Å². The van der Waals surface area contributed by atoms with Gasteiger partial charge in [0.05, 0.1) is 11.4 Å². The molecule has 0 atom stereocenters. The molecule has 0 unspecified atom stereocenters. The third kappa shape index (κ3) is 3.14. The van der Waals surface area contributed by atoms with E-state index in [1.807, 2.05) is 6.07 Å². The highest BCUT2D eigenvalue weighted by Crippen LogP contribution is 2.35. The number of aliphatic carboxylic acids is 1. The second-order valence-electron chi connectivity index (χ2n) is 4.18. The van der Waals surface area contributed by atoms with Crippen LogP contribution in [0.5, 0.6) is 0 Å². The van der Waals surface area contributed by atoms with Crippen molar-refractivity contribution in [3.05, 3.63) is 23.8 Å². The predicted molar refractivity (Wildman–Crippen MR) is 71.8 cm³/mol. The Morgan fingerprint density at radius 3 is 2.95 bits per heavy atom. The molecule has 0 aromatic heterocycles. The SMILES string of the molecule is O=Cc1ccc2c(c1)N(CCCC(=O)O)C(=O)CS2. The molecule has 0 saturated heterocycles. The maximum Gasteiger partial charge on any atom is 0.303 e. The largest absolute Gasteiger partial charge is 0.481 e. The van der Waals surface area contributed by atoms with Crippen LogP contribution in [0.25, 0.3) is 0 Å². The summed E-state index contributed by atoms with van der Waals surface area (Å²) in [4.78, 5) is 35.7. The van der Waals surface area contributed by atoms with Crippen molar-refractivity contribution in [2.75, 3.05) is 17.2 Å². The molecule has 0 radical (unpaired) electrons. The maximum absolute atomic E-state index is 11.9. The first kappa shape index (κ1) is 13.6. The number of rotatable bonds is 5. The number of nitrogens with zero attached hydrogens (tertiary/aromatic N) is 1. The van der Waals surface area contributed by atoms with Gasteiger partial charge in [0, 0.05) is 23.4 Å². The van der Waals surface area contributed by atoms with Gasteiger partial charge in [-0.2, -0.15) is 0 Å². The molecule has 1 N–H and O–H groups in total. The van der Waals surface area contributed by atoms with Crippen molar-refractivity contribution >= 4 is 35.6 Å². The summed E-state index contributed by atoms with van der Waals surface area (Å²) in [7, 11) is 0. The van der Waals surface area contributed by atoms with E-state index in [0.29, 0.717) is 30.0 Å². The zero-order chi connectivity index (χ0) is 13.8. The van der Waals surface area contributed by atoms with Gasteiger partial charge in [-0.1, -0.05) is 6.07 Å². The molecule has 19 heavy (non-hydrogen) atoms. The van der Waals surface area contributed by atoms with E-state index in [-0.39, 0.29) is 12.3 Å². The lowest BCUT2D eigenvalue weighted by molar-refractivity contribution is -0.137. The third-order valence-corrected chi connectivity index (χ3v) is 3.88. The second kappa shape index (κ2) is 5.88. The highest BCUT2D eigenvalue weighted by molar-refractivity contribution is 8.00. The summed E-state index contributed by atoms with van der Waals surface area (Å²) in [5.41, 5.74) is 1.22. The predicted octanol–water partition coefficient (Wildman–Crippen LogP) is 1.80. The average molecular weight is 279 g/mol. The molecule has 0 spiro atoms. The molecule has 1 aromatic carbocycles. The van der Waals surface area contributed by atoms with E-state index in [9.17, 15) is 14.4 Å². The van der Waals surface area contributed by atoms with E-state index >= 15 is 0 Å². The standard InChI is InChI=1S/C13H13NO4S/c15-7-9-3-4-11-10(6-9)14(12(16)8-19-11)5-1-2-13(17)18/h3-4,6-7H,1-2,5,8H2,(H,17,18). The van der Waals surface area contributed by atoms with Gasteiger partial charge < -0.3 is 10.0 Å². The molecule has 1 aromatic rings. The monoisotopic (exact) mass is 279 g/mol. The number of amides is 1. The summed E-state index contributed by atoms with van der Waals surface area (Å²) in [6.45, 7) is 0.362. The Kier molecular flexibility index (Phi) is 4.21. The summed E-state index contributed by atoms with van der Waals surface area (Å²) in [6.07, 6.45) is 1.16. The number of aldehydes is 1. The minimum absolute atomic E-state index is 0.0274. The molecular weight excluding hydrogens is 266 g/mol. The summed E-state index contributed by atoms with van der Waals surface area (Å²) >= 11 is 1.44. The fourth-order valence-corrected chi connectivity index (χ4v) is 2.84. The lowest BCUT2D eigenvalue weighted by atomic mass is 10.2. The maximum atomic E-state index is 11.9. The fraction of sp³-hybridized carbons (Fsp3) is 0.308. The zero-order valence-corrected chi connectivity index (χ0v) is 11.0. The van der Waals surface area contributed by atoms with Crippen LogP contribution >= 0.6 is 11.8 Å². The summed E-state index contributed by atoms with van der Waals surface area (Å²) < 4.78 is 0. The molecule has 1 aliphatic rings. The number of carbonyl (C=O) groups is 3. The molecule has 2 rings (SSSR count). The van der Waals surface area contributed by atoms with E-state index in [1.54, 1.807) is 17.0 Å². The molecular formula is C13H13NO4S. The van der Waals surface area contributed by atoms with Gasteiger partial charge >= 0.3 is 5.97 Å². The van der Waals surface area contributed by atoms with Crippen LogP contribution in [-0.2, 0) is 9.59 Å². The highest BCUT2D eigenvalue weighted by atomic mass is 32.2. The Labute approximate surface area is 114 Å². The highest BCUT2D eigenvalue weighted by Gasteiger charge is 2.24. The van der Waals surface area contributed by atoms with E-state index in [0.717, 1.165) is 11.2 Å². The van der Waals surface area contributed by atoms with E-state index in [2.05, 4.69) is 0 Å². The van der Waals surface area contributed by atoms with Crippen LogP contribution in [0.2, 0.25) is 0 Å². The number of thioether (sulfide) groups is 1. The number of hydrogen-bond donors (Lipinski definition) is 1. The lowest BCUT2D eigenvalue weighted by Crippen LogP contribution is -2.36. The number of carboxylic acids is 1. The van der Waals surface area contributed by atoms with E-state index in [4.69, 9.17) is 5.11 Å². The van der Waals surface area contributed by atoms with Crippen molar-refractivity contribution in [1.82, 2.24) is 0 Å². The van der Waals surface area contributed by atoms with Gasteiger partial charge in [-0.3, -0.25) is 14.4 Å². The van der Waals surface area contributed by atoms with Gasteiger partial charge in [0.1, 0.15) is 6.29 Å². The molecule has 1 heterocycles. The minimum atomic E-state index is -0.874. The molecule has 6 heteroatoms. The first-order chi connectivity index (χ1) is 9.11. The van der Waals surface area contributed by atoms with Crippen LogP contribution in [0, 0.1) is 0 Å². The lowest BCUT2D eigenvalue weighted by Gasteiger charge is -2.29. The summed E-state index contributed by atoms with van der Waals surface area (Å²) in [6, 6.07) is 5.21. The van der Waals surface area contributed by atoms with Crippen molar-refractivity contribution in [2.24, 2.45) is 0 Å². The van der Waals surface area contributed by atoms with Crippen molar-refractivity contribution in [1.29, 1.82) is 0 Å². The van der Waals surface area contributed by atoms with Gasteiger partial charge in [-0.05, 0) is 18.6 Å². The van der Waals surface area contributed by atoms with Gasteiger partial charge in [-0.25, -0.2) is 0 Å². The Balaban J connectivity index is 2.21. The molecule has 1 amide bonds. The van der Waals surface area contributed by atoms with E-state index < -0.39 is 5.97 Å².